The van der Waals surface area contributed by atoms with Crippen LogP contribution in [-0.2, 0) is 0 Å². The number of aromatic amines is 1. The van der Waals surface area contributed by atoms with Crippen LogP contribution in [0, 0.1) is 17.1 Å². The normalized spacial score (nSPS) is 25.5. The molecule has 1 aliphatic rings. The van der Waals surface area contributed by atoms with E-state index in [-0.39, 0.29) is 0 Å². The first-order valence-electron chi connectivity index (χ1n) is 5.16. The number of rotatable bonds is 1. The van der Waals surface area contributed by atoms with Crippen molar-refractivity contribution in [3.05, 3.63) is 10.6 Å². The number of H-pyrrole nitrogens is 1. The lowest BCUT2D eigenvalue weighted by Crippen LogP contribution is -2.22. The maximum absolute atomic E-state index is 5.26. The summed E-state index contributed by atoms with van der Waals surface area (Å²) in [4.78, 5) is 0. The van der Waals surface area contributed by atoms with Crippen LogP contribution in [0.25, 0.3) is 0 Å². The second-order valence-electron chi connectivity index (χ2n) is 4.84. The minimum Gasteiger partial charge on any atom is -0.301 e. The molecule has 1 atom stereocenters. The fourth-order valence-corrected chi connectivity index (χ4v) is 2.84. The summed E-state index contributed by atoms with van der Waals surface area (Å²) in [6.07, 6.45) is 3.80. The fourth-order valence-electron chi connectivity index (χ4n) is 2.54. The van der Waals surface area contributed by atoms with Crippen molar-refractivity contribution in [2.24, 2.45) is 5.41 Å². The molecule has 0 radical (unpaired) electrons. The minimum absolute atomic E-state index is 0.354. The average molecular weight is 211 g/mol. The summed E-state index contributed by atoms with van der Waals surface area (Å²) >= 11 is 5.26. The summed E-state index contributed by atoms with van der Waals surface area (Å²) in [6.45, 7) is 6.65. The second-order valence-corrected chi connectivity index (χ2v) is 5.23. The lowest BCUT2D eigenvalue weighted by atomic mass is 9.87. The van der Waals surface area contributed by atoms with Crippen molar-refractivity contribution >= 4 is 12.2 Å². The van der Waals surface area contributed by atoms with Crippen LogP contribution in [0.5, 0.6) is 0 Å². The van der Waals surface area contributed by atoms with Gasteiger partial charge in [-0.3, -0.25) is 5.10 Å². The van der Waals surface area contributed by atoms with Gasteiger partial charge in [-0.25, -0.2) is 0 Å². The molecule has 1 aliphatic carbocycles. The topological polar surface area (TPSA) is 33.6 Å². The van der Waals surface area contributed by atoms with Gasteiger partial charge in [0.05, 0.1) is 0 Å². The van der Waals surface area contributed by atoms with Gasteiger partial charge in [-0.15, -0.1) is 0 Å². The van der Waals surface area contributed by atoms with E-state index in [0.29, 0.717) is 11.5 Å². The maximum atomic E-state index is 5.26. The molecule has 4 heteroatoms. The van der Waals surface area contributed by atoms with Gasteiger partial charge in [0.25, 0.3) is 0 Å². The molecule has 1 fully saturated rings. The third-order valence-corrected chi connectivity index (χ3v) is 3.68. The molecule has 1 aromatic heterocycles. The first kappa shape index (κ1) is 9.90. The van der Waals surface area contributed by atoms with Crippen LogP contribution < -0.4 is 0 Å². The Balaban J connectivity index is 2.45. The van der Waals surface area contributed by atoms with E-state index in [0.717, 1.165) is 10.6 Å². The molecular formula is C10H17N3S. The van der Waals surface area contributed by atoms with Crippen LogP contribution in [-0.4, -0.2) is 14.8 Å². The molecule has 14 heavy (non-hydrogen) atoms. The summed E-state index contributed by atoms with van der Waals surface area (Å²) in [7, 11) is 0. The van der Waals surface area contributed by atoms with E-state index in [2.05, 4.69) is 28.6 Å². The van der Waals surface area contributed by atoms with E-state index in [1.54, 1.807) is 0 Å². The predicted octanol–water partition coefficient (Wildman–Crippen LogP) is 3.00. The Bertz CT molecular complexity index is 388. The van der Waals surface area contributed by atoms with Gasteiger partial charge in [0.15, 0.2) is 4.77 Å². The van der Waals surface area contributed by atoms with Crippen LogP contribution in [0.15, 0.2) is 0 Å². The largest absolute Gasteiger partial charge is 0.301 e. The molecule has 0 bridgehead atoms. The van der Waals surface area contributed by atoms with E-state index in [1.165, 1.54) is 19.3 Å². The zero-order valence-electron chi connectivity index (χ0n) is 9.00. The Hall–Kier alpha value is -0.640. The molecule has 0 spiro atoms. The van der Waals surface area contributed by atoms with Crippen molar-refractivity contribution in [3.63, 3.8) is 0 Å². The van der Waals surface area contributed by atoms with Gasteiger partial charge in [-0.2, -0.15) is 5.10 Å². The van der Waals surface area contributed by atoms with Gasteiger partial charge in [0.2, 0.25) is 0 Å². The van der Waals surface area contributed by atoms with Gasteiger partial charge >= 0.3 is 0 Å². The van der Waals surface area contributed by atoms with Gasteiger partial charge < -0.3 is 4.57 Å². The van der Waals surface area contributed by atoms with Gasteiger partial charge in [-0.05, 0) is 37.4 Å². The predicted molar refractivity (Wildman–Crippen MR) is 58.8 cm³/mol. The number of aromatic nitrogens is 3. The molecule has 78 valence electrons. The van der Waals surface area contributed by atoms with E-state index >= 15 is 0 Å². The molecule has 1 unspecified atom stereocenters. The number of hydrogen-bond acceptors (Lipinski definition) is 2. The lowest BCUT2D eigenvalue weighted by molar-refractivity contribution is 0.255. The monoisotopic (exact) mass is 211 g/mol. The van der Waals surface area contributed by atoms with Gasteiger partial charge in [0, 0.05) is 6.04 Å². The van der Waals surface area contributed by atoms with E-state index in [9.17, 15) is 0 Å². The van der Waals surface area contributed by atoms with Crippen molar-refractivity contribution in [3.8, 4) is 0 Å². The molecule has 1 heterocycles. The molecule has 1 saturated carbocycles. The number of aryl methyl sites for hydroxylation is 1. The van der Waals surface area contributed by atoms with Gasteiger partial charge in [0.1, 0.15) is 5.82 Å². The molecule has 1 aromatic rings. The second kappa shape index (κ2) is 3.19. The zero-order chi connectivity index (χ0) is 10.3. The van der Waals surface area contributed by atoms with Crippen molar-refractivity contribution < 1.29 is 0 Å². The molecule has 0 saturated heterocycles. The summed E-state index contributed by atoms with van der Waals surface area (Å²) < 4.78 is 2.95. The number of hydrogen-bond donors (Lipinski definition) is 1. The first-order chi connectivity index (χ1) is 6.52. The van der Waals surface area contributed by atoms with E-state index in [4.69, 9.17) is 12.2 Å². The molecule has 2 rings (SSSR count). The van der Waals surface area contributed by atoms with Crippen LogP contribution in [0.4, 0.5) is 0 Å². The highest BCUT2D eigenvalue weighted by atomic mass is 32.1. The van der Waals surface area contributed by atoms with E-state index in [1.807, 2.05) is 6.92 Å². The third-order valence-electron chi connectivity index (χ3n) is 3.39. The Labute approximate surface area is 89.5 Å². The van der Waals surface area contributed by atoms with E-state index < -0.39 is 0 Å². The van der Waals surface area contributed by atoms with Crippen molar-refractivity contribution in [2.75, 3.05) is 0 Å². The van der Waals surface area contributed by atoms with Crippen molar-refractivity contribution in [1.82, 2.24) is 14.8 Å². The SMILES string of the molecule is Cc1n[nH]c(=S)n1C1CCCC1(C)C. The Morgan fingerprint density at radius 1 is 1.57 bits per heavy atom. The molecule has 0 aliphatic heterocycles. The van der Waals surface area contributed by atoms with Gasteiger partial charge in [-0.1, -0.05) is 20.3 Å². The number of nitrogens with one attached hydrogen (secondary N) is 1. The molecule has 0 amide bonds. The highest BCUT2D eigenvalue weighted by Gasteiger charge is 2.36. The summed E-state index contributed by atoms with van der Waals surface area (Å²) in [6, 6.07) is 0.522. The van der Waals surface area contributed by atoms with Crippen molar-refractivity contribution in [2.45, 2.75) is 46.1 Å². The minimum atomic E-state index is 0.354. The van der Waals surface area contributed by atoms with Crippen LogP contribution in [0.3, 0.4) is 0 Å². The first-order valence-corrected chi connectivity index (χ1v) is 5.57. The fraction of sp³-hybridized carbons (Fsp3) is 0.800. The quantitative estimate of drug-likeness (QED) is 0.724. The Kier molecular flexibility index (Phi) is 2.26. The highest BCUT2D eigenvalue weighted by Crippen LogP contribution is 2.46. The van der Waals surface area contributed by atoms with Crippen LogP contribution in [0.2, 0.25) is 0 Å². The smallest absolute Gasteiger partial charge is 0.195 e. The lowest BCUT2D eigenvalue weighted by Gasteiger charge is -2.28. The third kappa shape index (κ3) is 1.41. The Morgan fingerprint density at radius 2 is 2.29 bits per heavy atom. The highest BCUT2D eigenvalue weighted by molar-refractivity contribution is 7.71. The molecule has 0 aromatic carbocycles. The van der Waals surface area contributed by atoms with Crippen LogP contribution in [0.1, 0.15) is 45.0 Å². The number of nitrogens with zero attached hydrogens (tertiary/aromatic N) is 2. The Morgan fingerprint density at radius 3 is 2.71 bits per heavy atom. The molecule has 1 N–H and O–H groups in total. The van der Waals surface area contributed by atoms with Crippen LogP contribution >= 0.6 is 12.2 Å². The standard InChI is InChI=1S/C10H17N3S/c1-7-11-12-9(14)13(7)8-5-4-6-10(8,2)3/h8H,4-6H2,1-3H3,(H,12,14). The molecular weight excluding hydrogens is 194 g/mol. The summed E-state index contributed by atoms with van der Waals surface area (Å²) in [5, 5.41) is 7.04. The zero-order valence-corrected chi connectivity index (χ0v) is 9.82. The average Bonchev–Trinajstić information content (AvgIpc) is 2.57. The summed E-state index contributed by atoms with van der Waals surface area (Å²) in [5.74, 6) is 1.01. The molecule has 3 nitrogen and oxygen atoms in total. The summed E-state index contributed by atoms with van der Waals surface area (Å²) in [5.41, 5.74) is 0.354. The van der Waals surface area contributed by atoms with Crippen molar-refractivity contribution in [1.29, 1.82) is 0 Å². The maximum Gasteiger partial charge on any atom is 0.195 e.